The first-order valence-electron chi connectivity index (χ1n) is 7.64. The summed E-state index contributed by atoms with van der Waals surface area (Å²) in [6, 6.07) is 11.1. The highest BCUT2D eigenvalue weighted by Gasteiger charge is 2.22. The lowest BCUT2D eigenvalue weighted by molar-refractivity contribution is 0.0935. The predicted octanol–water partition coefficient (Wildman–Crippen LogP) is 2.74. The van der Waals surface area contributed by atoms with E-state index in [1.807, 2.05) is 6.92 Å². The number of sulfone groups is 1. The van der Waals surface area contributed by atoms with Crippen molar-refractivity contribution in [3.8, 4) is 0 Å². The van der Waals surface area contributed by atoms with Crippen molar-refractivity contribution in [3.05, 3.63) is 54.4 Å². The molecule has 3 aromatic rings. The molecule has 0 saturated heterocycles. The smallest absolute Gasteiger partial charge is 0.268 e. The molecule has 2 aromatic heterocycles. The Morgan fingerprint density at radius 3 is 2.67 bits per heavy atom. The fourth-order valence-electron chi connectivity index (χ4n) is 2.48. The van der Waals surface area contributed by atoms with Gasteiger partial charge in [-0.3, -0.25) is 4.79 Å². The van der Waals surface area contributed by atoms with Gasteiger partial charge in [-0.1, -0.05) is 25.1 Å². The van der Waals surface area contributed by atoms with Gasteiger partial charge in [0.15, 0.2) is 15.4 Å². The summed E-state index contributed by atoms with van der Waals surface area (Å²) in [5, 5.41) is 2.77. The van der Waals surface area contributed by atoms with Gasteiger partial charge in [0.25, 0.3) is 5.91 Å². The monoisotopic (exact) mass is 346 g/mol. The fourth-order valence-corrected chi connectivity index (χ4v) is 4.10. The van der Waals surface area contributed by atoms with Crippen molar-refractivity contribution >= 4 is 26.8 Å². The van der Waals surface area contributed by atoms with E-state index in [0.29, 0.717) is 17.7 Å². The average Bonchev–Trinajstić information content (AvgIpc) is 3.16. The molecule has 24 heavy (non-hydrogen) atoms. The maximum absolute atomic E-state index is 12.4. The summed E-state index contributed by atoms with van der Waals surface area (Å²) >= 11 is 0. The zero-order valence-electron chi connectivity index (χ0n) is 13.2. The van der Waals surface area contributed by atoms with Crippen molar-refractivity contribution in [2.75, 3.05) is 5.75 Å². The van der Waals surface area contributed by atoms with Gasteiger partial charge in [0, 0.05) is 18.2 Å². The molecule has 0 aliphatic rings. The SMILES string of the molecule is CC[C@H](CS(=O)(=O)c1ccccc1)NC(=O)c1cc2occc2[nH]1. The first-order valence-corrected chi connectivity index (χ1v) is 9.29. The van der Waals surface area contributed by atoms with Crippen molar-refractivity contribution in [2.24, 2.45) is 0 Å². The van der Waals surface area contributed by atoms with Crippen LogP contribution in [0.2, 0.25) is 0 Å². The number of carbonyl (C=O) groups is 1. The number of rotatable bonds is 6. The predicted molar refractivity (Wildman–Crippen MR) is 90.6 cm³/mol. The number of carbonyl (C=O) groups excluding carboxylic acids is 1. The summed E-state index contributed by atoms with van der Waals surface area (Å²) in [5.74, 6) is -0.493. The van der Waals surface area contributed by atoms with Crippen molar-refractivity contribution in [3.63, 3.8) is 0 Å². The van der Waals surface area contributed by atoms with E-state index in [9.17, 15) is 13.2 Å². The third-order valence-electron chi connectivity index (χ3n) is 3.84. The number of furan rings is 1. The summed E-state index contributed by atoms with van der Waals surface area (Å²) in [4.78, 5) is 15.5. The summed E-state index contributed by atoms with van der Waals surface area (Å²) in [7, 11) is -3.46. The second-order valence-electron chi connectivity index (χ2n) is 5.55. The molecule has 6 nitrogen and oxygen atoms in total. The molecule has 0 fully saturated rings. The van der Waals surface area contributed by atoms with Crippen LogP contribution in [0.3, 0.4) is 0 Å². The van der Waals surface area contributed by atoms with E-state index >= 15 is 0 Å². The average molecular weight is 346 g/mol. The van der Waals surface area contributed by atoms with Crippen LogP contribution < -0.4 is 5.32 Å². The minimum atomic E-state index is -3.46. The zero-order valence-corrected chi connectivity index (χ0v) is 14.0. The maximum Gasteiger partial charge on any atom is 0.268 e. The van der Waals surface area contributed by atoms with Gasteiger partial charge in [-0.25, -0.2) is 8.42 Å². The number of aromatic nitrogens is 1. The van der Waals surface area contributed by atoms with E-state index in [4.69, 9.17) is 4.42 Å². The molecule has 0 saturated carbocycles. The number of amides is 1. The Morgan fingerprint density at radius 1 is 1.25 bits per heavy atom. The van der Waals surface area contributed by atoms with E-state index in [-0.39, 0.29) is 16.6 Å². The summed E-state index contributed by atoms with van der Waals surface area (Å²) in [5.41, 5.74) is 1.66. The van der Waals surface area contributed by atoms with E-state index in [0.717, 1.165) is 5.52 Å². The highest BCUT2D eigenvalue weighted by molar-refractivity contribution is 7.91. The van der Waals surface area contributed by atoms with Gasteiger partial charge in [-0.2, -0.15) is 0 Å². The molecule has 0 aliphatic carbocycles. The topological polar surface area (TPSA) is 92.2 Å². The number of H-pyrrole nitrogens is 1. The number of benzene rings is 1. The molecule has 0 bridgehead atoms. The largest absolute Gasteiger partial charge is 0.463 e. The number of aromatic amines is 1. The lowest BCUT2D eigenvalue weighted by atomic mass is 10.2. The van der Waals surface area contributed by atoms with E-state index < -0.39 is 15.9 Å². The van der Waals surface area contributed by atoms with Crippen LogP contribution >= 0.6 is 0 Å². The van der Waals surface area contributed by atoms with Crippen LogP contribution in [0.5, 0.6) is 0 Å². The Morgan fingerprint density at radius 2 is 2.00 bits per heavy atom. The highest BCUT2D eigenvalue weighted by Crippen LogP contribution is 2.17. The lowest BCUT2D eigenvalue weighted by Crippen LogP contribution is -2.39. The van der Waals surface area contributed by atoms with Crippen molar-refractivity contribution < 1.29 is 17.6 Å². The van der Waals surface area contributed by atoms with Crippen LogP contribution in [0, 0.1) is 0 Å². The molecule has 126 valence electrons. The van der Waals surface area contributed by atoms with E-state index in [1.165, 1.54) is 6.26 Å². The fraction of sp³-hybridized carbons (Fsp3) is 0.235. The quantitative estimate of drug-likeness (QED) is 0.718. The van der Waals surface area contributed by atoms with Crippen LogP contribution in [0.4, 0.5) is 0 Å². The summed E-state index contributed by atoms with van der Waals surface area (Å²) in [6.07, 6.45) is 2.04. The molecule has 0 aliphatic heterocycles. The number of hydrogen-bond donors (Lipinski definition) is 2. The molecule has 0 spiro atoms. The van der Waals surface area contributed by atoms with E-state index in [2.05, 4.69) is 10.3 Å². The Labute approximate surface area is 139 Å². The van der Waals surface area contributed by atoms with Gasteiger partial charge in [0.1, 0.15) is 5.69 Å². The minimum absolute atomic E-state index is 0.143. The second-order valence-corrected chi connectivity index (χ2v) is 7.59. The minimum Gasteiger partial charge on any atom is -0.463 e. The first kappa shape index (κ1) is 16.3. The van der Waals surface area contributed by atoms with Gasteiger partial charge < -0.3 is 14.7 Å². The molecule has 1 atom stereocenters. The summed E-state index contributed by atoms with van der Waals surface area (Å²) in [6.45, 7) is 1.84. The normalized spacial score (nSPS) is 13.0. The number of nitrogens with one attached hydrogen (secondary N) is 2. The molecule has 1 aromatic carbocycles. The van der Waals surface area contributed by atoms with Crippen LogP contribution in [0.1, 0.15) is 23.8 Å². The molecule has 1 amide bonds. The van der Waals surface area contributed by atoms with Crippen LogP contribution in [-0.4, -0.2) is 31.1 Å². The molecular weight excluding hydrogens is 328 g/mol. The second kappa shape index (κ2) is 6.52. The molecular formula is C17H18N2O4S. The standard InChI is InChI=1S/C17H18N2O4S/c1-2-12(11-24(21,22)13-6-4-3-5-7-13)18-17(20)15-10-16-14(19-15)8-9-23-16/h3-10,12,19H,2,11H2,1H3,(H,18,20)/t12-/m1/s1. The van der Waals surface area contributed by atoms with Crippen LogP contribution in [0.15, 0.2) is 58.0 Å². The summed E-state index contributed by atoms with van der Waals surface area (Å²) < 4.78 is 30.1. The first-order chi connectivity index (χ1) is 11.5. The van der Waals surface area contributed by atoms with Gasteiger partial charge in [-0.05, 0) is 18.6 Å². The van der Waals surface area contributed by atoms with Crippen molar-refractivity contribution in [1.29, 1.82) is 0 Å². The number of hydrogen-bond acceptors (Lipinski definition) is 4. The van der Waals surface area contributed by atoms with Gasteiger partial charge in [-0.15, -0.1) is 0 Å². The van der Waals surface area contributed by atoms with Crippen LogP contribution in [-0.2, 0) is 9.84 Å². The van der Waals surface area contributed by atoms with Gasteiger partial charge in [0.05, 0.1) is 22.4 Å². The molecule has 0 unspecified atom stereocenters. The third-order valence-corrected chi connectivity index (χ3v) is 5.67. The Hall–Kier alpha value is -2.54. The van der Waals surface area contributed by atoms with Gasteiger partial charge >= 0.3 is 0 Å². The maximum atomic E-state index is 12.4. The lowest BCUT2D eigenvalue weighted by Gasteiger charge is -2.16. The van der Waals surface area contributed by atoms with Crippen molar-refractivity contribution in [1.82, 2.24) is 10.3 Å². The highest BCUT2D eigenvalue weighted by atomic mass is 32.2. The molecule has 0 radical (unpaired) electrons. The van der Waals surface area contributed by atoms with Crippen molar-refractivity contribution in [2.45, 2.75) is 24.3 Å². The molecule has 3 rings (SSSR count). The van der Waals surface area contributed by atoms with E-state index in [1.54, 1.807) is 42.5 Å². The molecule has 2 N–H and O–H groups in total. The third kappa shape index (κ3) is 3.35. The Kier molecular flexibility index (Phi) is 4.44. The van der Waals surface area contributed by atoms with Gasteiger partial charge in [0.2, 0.25) is 0 Å². The molecule has 2 heterocycles. The number of fused-ring (bicyclic) bond motifs is 1. The zero-order chi connectivity index (χ0) is 17.2. The Balaban J connectivity index is 1.72. The Bertz CT molecular complexity index is 913. The van der Waals surface area contributed by atoms with Crippen LogP contribution in [0.25, 0.3) is 11.1 Å². The molecule has 7 heteroatoms.